The number of aliphatic hydroxyl groups is 1. The topological polar surface area (TPSA) is 45.1 Å². The van der Waals surface area contributed by atoms with Gasteiger partial charge >= 0.3 is 0 Å². The largest absolute Gasteiger partial charge is 0.394 e. The molecule has 0 aromatic carbocycles. The van der Waals surface area contributed by atoms with Crippen LogP contribution in [0.4, 0.5) is 5.82 Å². The number of hydrogen-bond donors (Lipinski definition) is 2. The SMILES string of the molecule is OCC1(Nc2ncc(Cl)cc2Br)CCC1. The van der Waals surface area contributed by atoms with Gasteiger partial charge in [-0.1, -0.05) is 11.6 Å². The van der Waals surface area contributed by atoms with Gasteiger partial charge in [0.05, 0.1) is 21.6 Å². The van der Waals surface area contributed by atoms with Gasteiger partial charge in [0.15, 0.2) is 0 Å². The van der Waals surface area contributed by atoms with Crippen LogP contribution < -0.4 is 5.32 Å². The molecule has 0 amide bonds. The Bertz CT molecular complexity index is 363. The fourth-order valence-corrected chi connectivity index (χ4v) is 2.42. The van der Waals surface area contributed by atoms with Crippen molar-refractivity contribution in [1.82, 2.24) is 4.98 Å². The number of anilines is 1. The number of halogens is 2. The molecule has 0 atom stereocenters. The Morgan fingerprint density at radius 2 is 2.33 bits per heavy atom. The van der Waals surface area contributed by atoms with Crippen LogP contribution in [0, 0.1) is 0 Å². The average molecular weight is 292 g/mol. The lowest BCUT2D eigenvalue weighted by atomic mass is 9.77. The third-order valence-electron chi connectivity index (χ3n) is 2.80. The van der Waals surface area contributed by atoms with Crippen LogP contribution in [0.2, 0.25) is 5.02 Å². The normalized spacial score (nSPS) is 18.3. The maximum atomic E-state index is 9.31. The lowest BCUT2D eigenvalue weighted by molar-refractivity contribution is 0.143. The first-order chi connectivity index (χ1) is 7.15. The zero-order chi connectivity index (χ0) is 10.9. The van der Waals surface area contributed by atoms with Gasteiger partial charge in [0.2, 0.25) is 0 Å². The number of pyridine rings is 1. The molecule has 3 nitrogen and oxygen atoms in total. The third kappa shape index (κ3) is 2.27. The van der Waals surface area contributed by atoms with Crippen molar-refractivity contribution < 1.29 is 5.11 Å². The monoisotopic (exact) mass is 290 g/mol. The maximum absolute atomic E-state index is 9.31. The number of aromatic nitrogens is 1. The predicted octanol–water partition coefficient (Wildman–Crippen LogP) is 2.82. The van der Waals surface area contributed by atoms with Crippen molar-refractivity contribution in [2.24, 2.45) is 0 Å². The van der Waals surface area contributed by atoms with Crippen molar-refractivity contribution in [3.8, 4) is 0 Å². The number of nitrogens with one attached hydrogen (secondary N) is 1. The zero-order valence-corrected chi connectivity index (χ0v) is 10.5. The summed E-state index contributed by atoms with van der Waals surface area (Å²) in [4.78, 5) is 4.19. The summed E-state index contributed by atoms with van der Waals surface area (Å²) in [6.45, 7) is 0.143. The molecule has 82 valence electrons. The summed E-state index contributed by atoms with van der Waals surface area (Å²) in [5.74, 6) is 0.744. The van der Waals surface area contributed by atoms with E-state index < -0.39 is 0 Å². The van der Waals surface area contributed by atoms with Gasteiger partial charge < -0.3 is 10.4 Å². The molecule has 1 aliphatic rings. The second-order valence-electron chi connectivity index (χ2n) is 3.90. The van der Waals surface area contributed by atoms with E-state index in [9.17, 15) is 5.11 Å². The van der Waals surface area contributed by atoms with E-state index in [1.807, 2.05) is 0 Å². The van der Waals surface area contributed by atoms with Crippen LogP contribution in [0.3, 0.4) is 0 Å². The second-order valence-corrected chi connectivity index (χ2v) is 5.19. The molecule has 5 heteroatoms. The molecule has 0 saturated heterocycles. The number of rotatable bonds is 3. The predicted molar refractivity (Wildman–Crippen MR) is 64.2 cm³/mol. The van der Waals surface area contributed by atoms with E-state index in [4.69, 9.17) is 11.6 Å². The van der Waals surface area contributed by atoms with E-state index in [2.05, 4.69) is 26.2 Å². The second kappa shape index (κ2) is 4.28. The van der Waals surface area contributed by atoms with Crippen LogP contribution in [-0.2, 0) is 0 Å². The molecular weight excluding hydrogens is 279 g/mol. The molecule has 0 aliphatic heterocycles. The number of aliphatic hydroxyl groups excluding tert-OH is 1. The van der Waals surface area contributed by atoms with Crippen LogP contribution in [0.1, 0.15) is 19.3 Å². The van der Waals surface area contributed by atoms with E-state index in [0.717, 1.165) is 29.6 Å². The summed E-state index contributed by atoms with van der Waals surface area (Å²) >= 11 is 9.19. The highest BCUT2D eigenvalue weighted by Crippen LogP contribution is 2.36. The summed E-state index contributed by atoms with van der Waals surface area (Å²) < 4.78 is 0.828. The highest BCUT2D eigenvalue weighted by molar-refractivity contribution is 9.10. The molecule has 1 heterocycles. The van der Waals surface area contributed by atoms with Gasteiger partial charge in [-0.3, -0.25) is 0 Å². The highest BCUT2D eigenvalue weighted by Gasteiger charge is 2.36. The molecule has 0 spiro atoms. The summed E-state index contributed by atoms with van der Waals surface area (Å²) in [6.07, 6.45) is 4.72. The zero-order valence-electron chi connectivity index (χ0n) is 8.13. The Balaban J connectivity index is 2.16. The number of nitrogens with zero attached hydrogens (tertiary/aromatic N) is 1. The fourth-order valence-electron chi connectivity index (χ4n) is 1.68. The van der Waals surface area contributed by atoms with Crippen LogP contribution in [0.15, 0.2) is 16.7 Å². The average Bonchev–Trinajstić information content (AvgIpc) is 2.14. The summed E-state index contributed by atoms with van der Waals surface area (Å²) in [6, 6.07) is 1.79. The molecule has 2 N–H and O–H groups in total. The van der Waals surface area contributed by atoms with Crippen molar-refractivity contribution in [1.29, 1.82) is 0 Å². The van der Waals surface area contributed by atoms with Gasteiger partial charge in [0.25, 0.3) is 0 Å². The molecule has 1 saturated carbocycles. The van der Waals surface area contributed by atoms with Crippen LogP contribution >= 0.6 is 27.5 Å². The van der Waals surface area contributed by atoms with Gasteiger partial charge in [0, 0.05) is 6.20 Å². The minimum absolute atomic E-state index is 0.143. The molecule has 15 heavy (non-hydrogen) atoms. The van der Waals surface area contributed by atoms with E-state index in [1.54, 1.807) is 12.3 Å². The Labute approximate surface area is 102 Å². The fraction of sp³-hybridized carbons (Fsp3) is 0.500. The minimum Gasteiger partial charge on any atom is -0.394 e. The van der Waals surface area contributed by atoms with Crippen molar-refractivity contribution in [2.45, 2.75) is 24.8 Å². The molecular formula is C10H12BrClN2O. The van der Waals surface area contributed by atoms with E-state index in [-0.39, 0.29) is 12.1 Å². The van der Waals surface area contributed by atoms with Gasteiger partial charge in [-0.25, -0.2) is 4.98 Å². The minimum atomic E-state index is -0.177. The van der Waals surface area contributed by atoms with Gasteiger partial charge in [-0.05, 0) is 41.3 Å². The van der Waals surface area contributed by atoms with Crippen molar-refractivity contribution >= 4 is 33.3 Å². The first-order valence-electron chi connectivity index (χ1n) is 4.85. The quantitative estimate of drug-likeness (QED) is 0.900. The maximum Gasteiger partial charge on any atom is 0.140 e. The van der Waals surface area contributed by atoms with E-state index in [0.29, 0.717) is 5.02 Å². The van der Waals surface area contributed by atoms with Crippen molar-refractivity contribution in [3.05, 3.63) is 21.8 Å². The standard InChI is InChI=1S/C10H12BrClN2O/c11-8-4-7(12)5-13-9(8)14-10(6-15)2-1-3-10/h4-5,15H,1-3,6H2,(H,13,14). The molecule has 0 unspecified atom stereocenters. The number of hydrogen-bond acceptors (Lipinski definition) is 3. The first kappa shape index (κ1) is 11.2. The summed E-state index contributed by atoms with van der Waals surface area (Å²) in [7, 11) is 0. The van der Waals surface area contributed by atoms with Crippen molar-refractivity contribution in [3.63, 3.8) is 0 Å². The van der Waals surface area contributed by atoms with Crippen LogP contribution in [0.25, 0.3) is 0 Å². The van der Waals surface area contributed by atoms with Gasteiger partial charge in [0.1, 0.15) is 5.82 Å². The summed E-state index contributed by atoms with van der Waals surface area (Å²) in [5, 5.41) is 13.2. The van der Waals surface area contributed by atoms with Crippen LogP contribution in [-0.4, -0.2) is 22.2 Å². The Kier molecular flexibility index (Phi) is 3.19. The molecule has 1 aromatic heterocycles. The Morgan fingerprint density at radius 1 is 1.60 bits per heavy atom. The third-order valence-corrected chi connectivity index (χ3v) is 3.62. The Morgan fingerprint density at radius 3 is 2.80 bits per heavy atom. The molecule has 0 bridgehead atoms. The molecule has 1 aliphatic carbocycles. The van der Waals surface area contributed by atoms with Gasteiger partial charge in [-0.2, -0.15) is 0 Å². The highest BCUT2D eigenvalue weighted by atomic mass is 79.9. The van der Waals surface area contributed by atoms with E-state index >= 15 is 0 Å². The molecule has 1 aromatic rings. The lowest BCUT2D eigenvalue weighted by Gasteiger charge is -2.41. The van der Waals surface area contributed by atoms with Crippen LogP contribution in [0.5, 0.6) is 0 Å². The van der Waals surface area contributed by atoms with E-state index in [1.165, 1.54) is 0 Å². The molecule has 2 rings (SSSR count). The van der Waals surface area contributed by atoms with Crippen molar-refractivity contribution in [2.75, 3.05) is 11.9 Å². The smallest absolute Gasteiger partial charge is 0.140 e. The first-order valence-corrected chi connectivity index (χ1v) is 6.02. The summed E-state index contributed by atoms with van der Waals surface area (Å²) in [5.41, 5.74) is -0.177. The molecule has 0 radical (unpaired) electrons. The lowest BCUT2D eigenvalue weighted by Crippen LogP contribution is -2.48. The Hall–Kier alpha value is -0.320. The molecule has 1 fully saturated rings. The van der Waals surface area contributed by atoms with Gasteiger partial charge in [-0.15, -0.1) is 0 Å².